The summed E-state index contributed by atoms with van der Waals surface area (Å²) in [5, 5.41) is 0. The molecule has 16 heavy (non-hydrogen) atoms. The lowest BCUT2D eigenvalue weighted by atomic mass is 10.1. The third-order valence-corrected chi connectivity index (χ3v) is 2.30. The highest BCUT2D eigenvalue weighted by Crippen LogP contribution is 2.19. The number of H-pyrrole nitrogens is 1. The van der Waals surface area contributed by atoms with Crippen molar-refractivity contribution in [2.24, 2.45) is 5.73 Å². The van der Waals surface area contributed by atoms with Gasteiger partial charge in [0.1, 0.15) is 5.82 Å². The second-order valence-electron chi connectivity index (χ2n) is 3.45. The van der Waals surface area contributed by atoms with Gasteiger partial charge >= 0.3 is 0 Å². The van der Waals surface area contributed by atoms with E-state index >= 15 is 0 Å². The molecule has 0 amide bonds. The largest absolute Gasteiger partial charge is 0.326 e. The SMILES string of the molecule is NCc1cc(-c2ccccc2F)[nH]c(=O)c1. The molecule has 3 nitrogen and oxygen atoms in total. The molecular formula is C12H11FN2O. The zero-order valence-corrected chi connectivity index (χ0v) is 8.53. The summed E-state index contributed by atoms with van der Waals surface area (Å²) in [5.74, 6) is -0.368. The van der Waals surface area contributed by atoms with Crippen molar-refractivity contribution in [1.29, 1.82) is 0 Å². The molecule has 4 heteroatoms. The topological polar surface area (TPSA) is 58.9 Å². The second kappa shape index (κ2) is 4.28. The van der Waals surface area contributed by atoms with Crippen LogP contribution in [0.4, 0.5) is 4.39 Å². The van der Waals surface area contributed by atoms with Gasteiger partial charge in [-0.3, -0.25) is 4.79 Å². The quantitative estimate of drug-likeness (QED) is 0.805. The number of aromatic amines is 1. The van der Waals surface area contributed by atoms with E-state index in [1.165, 1.54) is 12.1 Å². The Labute approximate surface area is 91.7 Å². The zero-order valence-electron chi connectivity index (χ0n) is 8.53. The summed E-state index contributed by atoms with van der Waals surface area (Å²) in [4.78, 5) is 13.9. The summed E-state index contributed by atoms with van der Waals surface area (Å²) in [6, 6.07) is 9.36. The fourth-order valence-corrected chi connectivity index (χ4v) is 1.54. The Hall–Kier alpha value is -1.94. The molecule has 0 aliphatic carbocycles. The van der Waals surface area contributed by atoms with Crippen LogP contribution in [0.1, 0.15) is 5.56 Å². The molecule has 0 atom stereocenters. The molecule has 3 N–H and O–H groups in total. The molecule has 0 spiro atoms. The van der Waals surface area contributed by atoms with E-state index in [0.29, 0.717) is 16.8 Å². The van der Waals surface area contributed by atoms with Gasteiger partial charge in [0, 0.05) is 18.2 Å². The van der Waals surface area contributed by atoms with E-state index in [4.69, 9.17) is 5.73 Å². The number of benzene rings is 1. The van der Waals surface area contributed by atoms with Crippen LogP contribution in [0.3, 0.4) is 0 Å². The Morgan fingerprint density at radius 3 is 2.69 bits per heavy atom. The van der Waals surface area contributed by atoms with Gasteiger partial charge in [0.2, 0.25) is 5.56 Å². The van der Waals surface area contributed by atoms with Crippen molar-refractivity contribution in [2.45, 2.75) is 6.54 Å². The first-order valence-corrected chi connectivity index (χ1v) is 4.89. The van der Waals surface area contributed by atoms with Crippen LogP contribution in [0.2, 0.25) is 0 Å². The van der Waals surface area contributed by atoms with E-state index in [2.05, 4.69) is 4.98 Å². The standard InChI is InChI=1S/C12H11FN2O/c13-10-4-2-1-3-9(10)11-5-8(7-14)6-12(16)15-11/h1-6H,7,14H2,(H,15,16). The molecule has 1 aromatic carbocycles. The second-order valence-corrected chi connectivity index (χ2v) is 3.45. The summed E-state index contributed by atoms with van der Waals surface area (Å²) in [7, 11) is 0. The first-order chi connectivity index (χ1) is 7.70. The number of rotatable bonds is 2. The molecule has 0 aliphatic heterocycles. The van der Waals surface area contributed by atoms with Crippen molar-refractivity contribution in [3.8, 4) is 11.3 Å². The molecule has 82 valence electrons. The van der Waals surface area contributed by atoms with Gasteiger partial charge in [0.25, 0.3) is 0 Å². The highest BCUT2D eigenvalue weighted by atomic mass is 19.1. The van der Waals surface area contributed by atoms with Crippen LogP contribution in [0, 0.1) is 5.82 Å². The van der Waals surface area contributed by atoms with Crippen LogP contribution in [0.5, 0.6) is 0 Å². The maximum absolute atomic E-state index is 13.5. The van der Waals surface area contributed by atoms with Gasteiger partial charge in [-0.25, -0.2) is 4.39 Å². The molecule has 1 heterocycles. The number of nitrogens with two attached hydrogens (primary N) is 1. The van der Waals surface area contributed by atoms with E-state index in [1.807, 2.05) is 0 Å². The van der Waals surface area contributed by atoms with Gasteiger partial charge in [-0.05, 0) is 23.8 Å². The van der Waals surface area contributed by atoms with E-state index in [0.717, 1.165) is 0 Å². The zero-order chi connectivity index (χ0) is 11.5. The van der Waals surface area contributed by atoms with Crippen LogP contribution in [0.15, 0.2) is 41.2 Å². The number of hydrogen-bond acceptors (Lipinski definition) is 2. The van der Waals surface area contributed by atoms with Gasteiger partial charge in [0.15, 0.2) is 0 Å². The number of halogens is 1. The fraction of sp³-hybridized carbons (Fsp3) is 0.0833. The first kappa shape index (κ1) is 10.6. The van der Waals surface area contributed by atoms with Gasteiger partial charge < -0.3 is 10.7 Å². The number of nitrogens with one attached hydrogen (secondary N) is 1. The minimum atomic E-state index is -0.368. The van der Waals surface area contributed by atoms with E-state index < -0.39 is 0 Å². The Balaban J connectivity index is 2.60. The predicted octanol–water partition coefficient (Wildman–Crippen LogP) is 1.64. The normalized spacial score (nSPS) is 10.4. The molecular weight excluding hydrogens is 207 g/mol. The smallest absolute Gasteiger partial charge is 0.248 e. The van der Waals surface area contributed by atoms with Crippen LogP contribution >= 0.6 is 0 Å². The average Bonchev–Trinajstić information content (AvgIpc) is 2.28. The van der Waals surface area contributed by atoms with Gasteiger partial charge in [-0.2, -0.15) is 0 Å². The summed E-state index contributed by atoms with van der Waals surface area (Å²) in [6.07, 6.45) is 0. The van der Waals surface area contributed by atoms with Crippen molar-refractivity contribution in [3.63, 3.8) is 0 Å². The number of pyridine rings is 1. The summed E-state index contributed by atoms with van der Waals surface area (Å²) in [6.45, 7) is 0.255. The van der Waals surface area contributed by atoms with Crippen molar-refractivity contribution in [1.82, 2.24) is 4.98 Å². The van der Waals surface area contributed by atoms with E-state index in [9.17, 15) is 9.18 Å². The van der Waals surface area contributed by atoms with Crippen LogP contribution < -0.4 is 11.3 Å². The first-order valence-electron chi connectivity index (χ1n) is 4.89. The van der Waals surface area contributed by atoms with Crippen molar-refractivity contribution in [2.75, 3.05) is 0 Å². The third-order valence-electron chi connectivity index (χ3n) is 2.30. The van der Waals surface area contributed by atoms with Gasteiger partial charge in [0.05, 0.1) is 5.69 Å². The maximum atomic E-state index is 13.5. The molecule has 0 fully saturated rings. The molecule has 0 saturated heterocycles. The van der Waals surface area contributed by atoms with E-state index in [1.54, 1.807) is 24.3 Å². The van der Waals surface area contributed by atoms with E-state index in [-0.39, 0.29) is 17.9 Å². The van der Waals surface area contributed by atoms with Gasteiger partial charge in [-0.15, -0.1) is 0 Å². The Morgan fingerprint density at radius 2 is 2.00 bits per heavy atom. The molecule has 1 aromatic heterocycles. The molecule has 0 radical (unpaired) electrons. The minimum absolute atomic E-state index is 0.255. The Morgan fingerprint density at radius 1 is 1.25 bits per heavy atom. The fourth-order valence-electron chi connectivity index (χ4n) is 1.54. The lowest BCUT2D eigenvalue weighted by molar-refractivity contribution is 0.630. The molecule has 2 rings (SSSR count). The van der Waals surface area contributed by atoms with Crippen LogP contribution in [-0.4, -0.2) is 4.98 Å². The Bertz CT molecular complexity index is 563. The monoisotopic (exact) mass is 218 g/mol. The van der Waals surface area contributed by atoms with Gasteiger partial charge in [-0.1, -0.05) is 12.1 Å². The third kappa shape index (κ3) is 2.01. The summed E-state index contributed by atoms with van der Waals surface area (Å²) >= 11 is 0. The van der Waals surface area contributed by atoms with Crippen molar-refractivity contribution >= 4 is 0 Å². The lowest BCUT2D eigenvalue weighted by Gasteiger charge is -2.04. The molecule has 0 unspecified atom stereocenters. The minimum Gasteiger partial charge on any atom is -0.326 e. The van der Waals surface area contributed by atoms with Crippen LogP contribution in [0.25, 0.3) is 11.3 Å². The summed E-state index contributed by atoms with van der Waals surface area (Å²) in [5.41, 5.74) is 6.68. The predicted molar refractivity (Wildman–Crippen MR) is 60.3 cm³/mol. The molecule has 0 bridgehead atoms. The Kier molecular flexibility index (Phi) is 2.83. The molecule has 0 saturated carbocycles. The number of hydrogen-bond donors (Lipinski definition) is 2. The van der Waals surface area contributed by atoms with Crippen molar-refractivity contribution in [3.05, 3.63) is 58.1 Å². The summed E-state index contributed by atoms with van der Waals surface area (Å²) < 4.78 is 13.5. The molecule has 0 aliphatic rings. The lowest BCUT2D eigenvalue weighted by Crippen LogP contribution is -2.09. The van der Waals surface area contributed by atoms with Crippen molar-refractivity contribution < 1.29 is 4.39 Å². The number of aromatic nitrogens is 1. The highest BCUT2D eigenvalue weighted by molar-refractivity contribution is 5.60. The van der Waals surface area contributed by atoms with Crippen LogP contribution in [-0.2, 0) is 6.54 Å². The average molecular weight is 218 g/mol. The highest BCUT2D eigenvalue weighted by Gasteiger charge is 2.05. The molecule has 2 aromatic rings. The maximum Gasteiger partial charge on any atom is 0.248 e.